The largest absolute Gasteiger partial charge is 0.385 e. The minimum absolute atomic E-state index is 0.177. The smallest absolute Gasteiger partial charge is 0.158 e. The van der Waals surface area contributed by atoms with E-state index in [2.05, 4.69) is 0 Å². The third-order valence-corrected chi connectivity index (χ3v) is 1.15. The molecule has 0 bridgehead atoms. The Morgan fingerprint density at radius 1 is 1.78 bits per heavy atom. The fourth-order valence-electron chi connectivity index (χ4n) is 0.514. The Kier molecular flexibility index (Phi) is 4.26. The van der Waals surface area contributed by atoms with Gasteiger partial charge in [0.2, 0.25) is 0 Å². The van der Waals surface area contributed by atoms with Crippen molar-refractivity contribution in [2.75, 3.05) is 6.54 Å². The van der Waals surface area contributed by atoms with Crippen LogP contribution in [0.4, 0.5) is 0 Å². The summed E-state index contributed by atoms with van der Waals surface area (Å²) < 4.78 is 0. The molecule has 0 aromatic rings. The Balaban J connectivity index is 3.27. The van der Waals surface area contributed by atoms with Crippen LogP contribution in [0.1, 0.15) is 19.8 Å². The maximum absolute atomic E-state index is 10.4. The van der Waals surface area contributed by atoms with Crippen LogP contribution >= 0.6 is 0 Å². The Morgan fingerprint density at radius 2 is 2.33 bits per heavy atom. The van der Waals surface area contributed by atoms with Gasteiger partial charge in [0, 0.05) is 0 Å². The maximum Gasteiger partial charge on any atom is 0.158 e. The molecule has 9 heavy (non-hydrogen) atoms. The molecule has 0 aliphatic rings. The van der Waals surface area contributed by atoms with Crippen molar-refractivity contribution in [1.82, 2.24) is 0 Å². The number of aliphatic hydroxyl groups is 1. The Morgan fingerprint density at radius 3 is 2.67 bits per heavy atom. The van der Waals surface area contributed by atoms with E-state index in [1.165, 1.54) is 6.92 Å². The molecule has 0 unspecified atom stereocenters. The van der Waals surface area contributed by atoms with Gasteiger partial charge < -0.3 is 10.8 Å². The second kappa shape index (κ2) is 4.47. The highest BCUT2D eigenvalue weighted by Crippen LogP contribution is 1.95. The number of ketones is 1. The van der Waals surface area contributed by atoms with Gasteiger partial charge in [-0.1, -0.05) is 0 Å². The monoisotopic (exact) mass is 131 g/mol. The summed E-state index contributed by atoms with van der Waals surface area (Å²) in [6.45, 7) is 1.91. The summed E-state index contributed by atoms with van der Waals surface area (Å²) >= 11 is 0. The summed E-state index contributed by atoms with van der Waals surface area (Å²) in [7, 11) is 0. The fourth-order valence-corrected chi connectivity index (χ4v) is 0.514. The van der Waals surface area contributed by atoms with Crippen molar-refractivity contribution in [3.63, 3.8) is 0 Å². The molecule has 0 rings (SSSR count). The van der Waals surface area contributed by atoms with E-state index in [-0.39, 0.29) is 5.78 Å². The summed E-state index contributed by atoms with van der Waals surface area (Å²) in [5, 5.41) is 8.85. The molecule has 0 aromatic heterocycles. The zero-order valence-electron chi connectivity index (χ0n) is 5.63. The van der Waals surface area contributed by atoms with Crippen molar-refractivity contribution in [3.8, 4) is 0 Å². The first-order valence-electron chi connectivity index (χ1n) is 3.07. The number of hydrogen-bond donors (Lipinski definition) is 2. The topological polar surface area (TPSA) is 63.3 Å². The van der Waals surface area contributed by atoms with Gasteiger partial charge in [-0.2, -0.15) is 0 Å². The predicted octanol–water partition coefficient (Wildman–Crippen LogP) is -0.325. The molecular weight excluding hydrogens is 118 g/mol. The molecule has 0 amide bonds. The first-order valence-corrected chi connectivity index (χ1v) is 3.07. The molecule has 0 aromatic carbocycles. The van der Waals surface area contributed by atoms with Crippen LogP contribution < -0.4 is 5.73 Å². The van der Waals surface area contributed by atoms with Crippen molar-refractivity contribution in [1.29, 1.82) is 0 Å². The summed E-state index contributed by atoms with van der Waals surface area (Å²) in [5.41, 5.74) is 5.15. The predicted molar refractivity (Wildman–Crippen MR) is 35.0 cm³/mol. The number of nitrogens with two attached hydrogens (primary N) is 1. The quantitative estimate of drug-likeness (QED) is 0.549. The average molecular weight is 131 g/mol. The van der Waals surface area contributed by atoms with Gasteiger partial charge in [-0.05, 0) is 26.3 Å². The van der Waals surface area contributed by atoms with Crippen molar-refractivity contribution < 1.29 is 9.90 Å². The van der Waals surface area contributed by atoms with Gasteiger partial charge in [-0.15, -0.1) is 0 Å². The maximum atomic E-state index is 10.4. The van der Waals surface area contributed by atoms with E-state index in [1.54, 1.807) is 0 Å². The van der Waals surface area contributed by atoms with E-state index >= 15 is 0 Å². The van der Waals surface area contributed by atoms with Crippen LogP contribution in [0.2, 0.25) is 0 Å². The van der Waals surface area contributed by atoms with Crippen molar-refractivity contribution in [2.24, 2.45) is 5.73 Å². The van der Waals surface area contributed by atoms with Gasteiger partial charge in [0.05, 0.1) is 0 Å². The van der Waals surface area contributed by atoms with E-state index in [0.29, 0.717) is 19.4 Å². The number of carbonyl (C=O) groups excluding carboxylic acids is 1. The molecule has 0 spiro atoms. The van der Waals surface area contributed by atoms with E-state index < -0.39 is 6.10 Å². The summed E-state index contributed by atoms with van der Waals surface area (Å²) in [5.74, 6) is -0.177. The van der Waals surface area contributed by atoms with Gasteiger partial charge in [-0.3, -0.25) is 4.79 Å². The Labute approximate surface area is 54.9 Å². The minimum atomic E-state index is -0.798. The SMILES string of the molecule is CC(=O)[C@@H](O)CCCN. The molecule has 0 fully saturated rings. The van der Waals surface area contributed by atoms with Gasteiger partial charge in [0.1, 0.15) is 6.10 Å². The van der Waals surface area contributed by atoms with Crippen LogP contribution in [0.5, 0.6) is 0 Å². The summed E-state index contributed by atoms with van der Waals surface area (Å²) in [4.78, 5) is 10.4. The molecule has 54 valence electrons. The number of aliphatic hydroxyl groups excluding tert-OH is 1. The minimum Gasteiger partial charge on any atom is -0.385 e. The van der Waals surface area contributed by atoms with Gasteiger partial charge in [0.15, 0.2) is 5.78 Å². The molecular formula is C6H13NO2. The first kappa shape index (κ1) is 8.59. The normalized spacial score (nSPS) is 13.2. The lowest BCUT2D eigenvalue weighted by atomic mass is 10.1. The third kappa shape index (κ3) is 4.12. The van der Waals surface area contributed by atoms with Crippen LogP contribution in [0.3, 0.4) is 0 Å². The molecule has 0 saturated carbocycles. The molecule has 1 atom stereocenters. The zero-order valence-corrected chi connectivity index (χ0v) is 5.63. The first-order chi connectivity index (χ1) is 4.18. The molecule has 0 aliphatic carbocycles. The van der Waals surface area contributed by atoms with Crippen molar-refractivity contribution in [2.45, 2.75) is 25.9 Å². The second-order valence-corrected chi connectivity index (χ2v) is 2.06. The lowest BCUT2D eigenvalue weighted by molar-refractivity contribution is -0.125. The molecule has 3 heteroatoms. The number of rotatable bonds is 4. The van der Waals surface area contributed by atoms with Crippen molar-refractivity contribution >= 4 is 5.78 Å². The highest BCUT2D eigenvalue weighted by atomic mass is 16.3. The van der Waals surface area contributed by atoms with Crippen LogP contribution in [0.15, 0.2) is 0 Å². The highest BCUT2D eigenvalue weighted by molar-refractivity contribution is 5.79. The van der Waals surface area contributed by atoms with E-state index in [0.717, 1.165) is 0 Å². The molecule has 0 heterocycles. The van der Waals surface area contributed by atoms with Crippen molar-refractivity contribution in [3.05, 3.63) is 0 Å². The van der Waals surface area contributed by atoms with Gasteiger partial charge >= 0.3 is 0 Å². The molecule has 3 nitrogen and oxygen atoms in total. The number of carbonyl (C=O) groups is 1. The lowest BCUT2D eigenvalue weighted by Gasteiger charge is -2.02. The lowest BCUT2D eigenvalue weighted by Crippen LogP contribution is -2.17. The van der Waals surface area contributed by atoms with Gasteiger partial charge in [-0.25, -0.2) is 0 Å². The zero-order chi connectivity index (χ0) is 7.28. The van der Waals surface area contributed by atoms with Crippen LogP contribution in [0, 0.1) is 0 Å². The summed E-state index contributed by atoms with van der Waals surface area (Å²) in [6.07, 6.45) is 0.403. The number of hydrogen-bond acceptors (Lipinski definition) is 3. The molecule has 0 saturated heterocycles. The Hall–Kier alpha value is -0.410. The molecule has 3 N–H and O–H groups in total. The van der Waals surface area contributed by atoms with Crippen LogP contribution in [-0.4, -0.2) is 23.5 Å². The standard InChI is InChI=1S/C6H13NO2/c1-5(8)6(9)3-2-4-7/h6,9H,2-4,7H2,1H3/t6-/m0/s1. The second-order valence-electron chi connectivity index (χ2n) is 2.06. The Bertz CT molecular complexity index is 93.1. The van der Waals surface area contributed by atoms with E-state index in [4.69, 9.17) is 10.8 Å². The average Bonchev–Trinajstić information content (AvgIpc) is 1.82. The molecule has 0 aliphatic heterocycles. The summed E-state index contributed by atoms with van der Waals surface area (Å²) in [6, 6.07) is 0. The molecule has 0 radical (unpaired) electrons. The number of Topliss-reactive ketones (excluding diaryl/α,β-unsaturated/α-hetero) is 1. The van der Waals surface area contributed by atoms with E-state index in [9.17, 15) is 4.79 Å². The third-order valence-electron chi connectivity index (χ3n) is 1.15. The highest BCUT2D eigenvalue weighted by Gasteiger charge is 2.06. The fraction of sp³-hybridized carbons (Fsp3) is 0.833. The van der Waals surface area contributed by atoms with Gasteiger partial charge in [0.25, 0.3) is 0 Å². The van der Waals surface area contributed by atoms with Crippen LogP contribution in [0.25, 0.3) is 0 Å². The van der Waals surface area contributed by atoms with E-state index in [1.807, 2.05) is 0 Å². The van der Waals surface area contributed by atoms with Crippen LogP contribution in [-0.2, 0) is 4.79 Å².